The van der Waals surface area contributed by atoms with Crippen LogP contribution in [0, 0.1) is 0 Å². The molecule has 0 aliphatic rings. The molecule has 2 aromatic heterocycles. The molecule has 4 aromatic rings. The maximum Gasteiger partial charge on any atom is 0.246 e. The van der Waals surface area contributed by atoms with E-state index in [-0.39, 0.29) is 12.5 Å². The first-order chi connectivity index (χ1) is 13.1. The van der Waals surface area contributed by atoms with Gasteiger partial charge in [-0.05, 0) is 48.5 Å². The van der Waals surface area contributed by atoms with Gasteiger partial charge in [0, 0.05) is 29.5 Å². The fraction of sp³-hybridized carbons (Fsp3) is 0.0952. The van der Waals surface area contributed by atoms with Crippen LogP contribution in [0.15, 0.2) is 72.9 Å². The number of likely N-dealkylation sites (N-methyl/N-ethyl adjacent to an activating group) is 1. The van der Waals surface area contributed by atoms with E-state index in [2.05, 4.69) is 9.97 Å². The summed E-state index contributed by atoms with van der Waals surface area (Å²) in [5.74, 6) is 0.636. The van der Waals surface area contributed by atoms with Gasteiger partial charge in [0.1, 0.15) is 17.9 Å². The first-order valence-corrected chi connectivity index (χ1v) is 8.90. The fourth-order valence-corrected chi connectivity index (χ4v) is 3.09. The zero-order valence-corrected chi connectivity index (χ0v) is 15.5. The average Bonchev–Trinajstić information content (AvgIpc) is 3.07. The van der Waals surface area contributed by atoms with Crippen LogP contribution >= 0.6 is 11.6 Å². The van der Waals surface area contributed by atoms with Gasteiger partial charge >= 0.3 is 0 Å². The van der Waals surface area contributed by atoms with Crippen LogP contribution in [0.4, 0.5) is 5.69 Å². The van der Waals surface area contributed by atoms with Crippen LogP contribution in [-0.2, 0) is 11.3 Å². The molecule has 0 unspecified atom stereocenters. The number of nitrogens with zero attached hydrogens (tertiary/aromatic N) is 4. The van der Waals surface area contributed by atoms with Gasteiger partial charge < -0.3 is 4.90 Å². The standard InChI is InChI=1S/C21H17ClN4O/c1-25(17-6-3-2-4-7-17)19(27)14-26-20(15-9-11-16(22)12-10-15)24-18-8-5-13-23-21(18)26/h2-13H,14H2,1H3. The number of carbonyl (C=O) groups is 1. The molecule has 0 saturated carbocycles. The number of rotatable bonds is 4. The van der Waals surface area contributed by atoms with Crippen LogP contribution in [0.2, 0.25) is 5.02 Å². The number of hydrogen-bond donors (Lipinski definition) is 0. The zero-order valence-electron chi connectivity index (χ0n) is 14.7. The number of carbonyl (C=O) groups excluding carboxylic acids is 1. The number of imidazole rings is 1. The van der Waals surface area contributed by atoms with E-state index in [9.17, 15) is 4.79 Å². The van der Waals surface area contributed by atoms with Crippen molar-refractivity contribution in [3.8, 4) is 11.4 Å². The highest BCUT2D eigenvalue weighted by atomic mass is 35.5. The normalized spacial score (nSPS) is 10.9. The zero-order chi connectivity index (χ0) is 18.8. The molecule has 6 heteroatoms. The summed E-state index contributed by atoms with van der Waals surface area (Å²) in [5, 5.41) is 0.652. The molecule has 0 N–H and O–H groups in total. The fourth-order valence-electron chi connectivity index (χ4n) is 2.96. The summed E-state index contributed by atoms with van der Waals surface area (Å²) in [6.07, 6.45) is 1.71. The third-order valence-electron chi connectivity index (χ3n) is 4.42. The van der Waals surface area contributed by atoms with E-state index in [0.29, 0.717) is 16.5 Å². The predicted molar refractivity (Wildman–Crippen MR) is 108 cm³/mol. The Bertz CT molecular complexity index is 1090. The Hall–Kier alpha value is -3.18. The SMILES string of the molecule is CN(C(=O)Cn1c(-c2ccc(Cl)cc2)nc2cccnc21)c1ccccc1. The summed E-state index contributed by atoms with van der Waals surface area (Å²) in [5.41, 5.74) is 3.15. The number of benzene rings is 2. The van der Waals surface area contributed by atoms with Gasteiger partial charge in [-0.2, -0.15) is 0 Å². The second kappa shape index (κ2) is 7.21. The smallest absolute Gasteiger partial charge is 0.246 e. The molecule has 4 rings (SSSR count). The number of pyridine rings is 1. The average molecular weight is 377 g/mol. The lowest BCUT2D eigenvalue weighted by Crippen LogP contribution is -2.30. The van der Waals surface area contributed by atoms with Crippen molar-refractivity contribution < 1.29 is 4.79 Å². The number of aromatic nitrogens is 3. The highest BCUT2D eigenvalue weighted by molar-refractivity contribution is 6.30. The van der Waals surface area contributed by atoms with Crippen molar-refractivity contribution >= 4 is 34.4 Å². The minimum absolute atomic E-state index is 0.0543. The minimum atomic E-state index is -0.0543. The summed E-state index contributed by atoms with van der Waals surface area (Å²) in [6.45, 7) is 0.136. The second-order valence-electron chi connectivity index (χ2n) is 6.16. The summed E-state index contributed by atoms with van der Waals surface area (Å²) in [4.78, 5) is 23.7. The molecule has 2 heterocycles. The molecular weight excluding hydrogens is 360 g/mol. The van der Waals surface area contributed by atoms with Gasteiger partial charge in [0.15, 0.2) is 5.65 Å². The maximum absolute atomic E-state index is 12.9. The number of fused-ring (bicyclic) bond motifs is 1. The molecule has 0 saturated heterocycles. The van der Waals surface area contributed by atoms with Crippen molar-refractivity contribution in [1.82, 2.24) is 14.5 Å². The molecule has 134 valence electrons. The van der Waals surface area contributed by atoms with E-state index < -0.39 is 0 Å². The molecule has 2 aromatic carbocycles. The monoisotopic (exact) mass is 376 g/mol. The Labute approximate surface area is 161 Å². The Morgan fingerprint density at radius 1 is 1.04 bits per heavy atom. The molecular formula is C21H17ClN4O. The van der Waals surface area contributed by atoms with E-state index >= 15 is 0 Å². The Morgan fingerprint density at radius 3 is 2.52 bits per heavy atom. The Kier molecular flexibility index (Phi) is 4.60. The van der Waals surface area contributed by atoms with Crippen LogP contribution in [0.5, 0.6) is 0 Å². The van der Waals surface area contributed by atoms with E-state index in [1.807, 2.05) is 71.3 Å². The number of para-hydroxylation sites is 1. The topological polar surface area (TPSA) is 51.0 Å². The number of anilines is 1. The highest BCUT2D eigenvalue weighted by Crippen LogP contribution is 2.25. The Morgan fingerprint density at radius 2 is 1.78 bits per heavy atom. The van der Waals surface area contributed by atoms with Gasteiger partial charge in [-0.15, -0.1) is 0 Å². The minimum Gasteiger partial charge on any atom is -0.314 e. The molecule has 0 radical (unpaired) electrons. The van der Waals surface area contributed by atoms with Gasteiger partial charge in [-0.1, -0.05) is 29.8 Å². The predicted octanol–water partition coefficient (Wildman–Crippen LogP) is 4.41. The van der Waals surface area contributed by atoms with Crippen LogP contribution < -0.4 is 4.90 Å². The molecule has 5 nitrogen and oxygen atoms in total. The number of hydrogen-bond acceptors (Lipinski definition) is 3. The second-order valence-corrected chi connectivity index (χ2v) is 6.60. The van der Waals surface area contributed by atoms with Gasteiger partial charge in [0.25, 0.3) is 0 Å². The van der Waals surface area contributed by atoms with Gasteiger partial charge in [0.05, 0.1) is 0 Å². The molecule has 0 fully saturated rings. The maximum atomic E-state index is 12.9. The van der Waals surface area contributed by atoms with Crippen molar-refractivity contribution in [2.75, 3.05) is 11.9 Å². The lowest BCUT2D eigenvalue weighted by molar-refractivity contribution is -0.118. The van der Waals surface area contributed by atoms with Crippen molar-refractivity contribution in [2.24, 2.45) is 0 Å². The molecule has 0 spiro atoms. The van der Waals surface area contributed by atoms with Crippen molar-refractivity contribution in [3.63, 3.8) is 0 Å². The quantitative estimate of drug-likeness (QED) is 0.530. The Balaban J connectivity index is 1.75. The lowest BCUT2D eigenvalue weighted by atomic mass is 10.2. The van der Waals surface area contributed by atoms with Crippen LogP contribution in [-0.4, -0.2) is 27.5 Å². The molecule has 1 amide bonds. The third kappa shape index (κ3) is 3.41. The van der Waals surface area contributed by atoms with Crippen LogP contribution in [0.3, 0.4) is 0 Å². The molecule has 0 atom stereocenters. The number of amides is 1. The van der Waals surface area contributed by atoms with Gasteiger partial charge in [0.2, 0.25) is 5.91 Å². The van der Waals surface area contributed by atoms with Crippen molar-refractivity contribution in [1.29, 1.82) is 0 Å². The summed E-state index contributed by atoms with van der Waals surface area (Å²) >= 11 is 6.01. The van der Waals surface area contributed by atoms with E-state index in [1.54, 1.807) is 18.1 Å². The summed E-state index contributed by atoms with van der Waals surface area (Å²) in [7, 11) is 1.77. The molecule has 0 aliphatic heterocycles. The van der Waals surface area contributed by atoms with Gasteiger partial charge in [-0.3, -0.25) is 9.36 Å². The molecule has 0 bridgehead atoms. The van der Waals surface area contributed by atoms with Gasteiger partial charge in [-0.25, -0.2) is 9.97 Å². The van der Waals surface area contributed by atoms with Crippen LogP contribution in [0.1, 0.15) is 0 Å². The van der Waals surface area contributed by atoms with E-state index in [4.69, 9.17) is 11.6 Å². The molecule has 0 aliphatic carbocycles. The van der Waals surface area contributed by atoms with Crippen molar-refractivity contribution in [2.45, 2.75) is 6.54 Å². The summed E-state index contributed by atoms with van der Waals surface area (Å²) in [6, 6.07) is 20.7. The number of halogens is 1. The first kappa shape index (κ1) is 17.2. The first-order valence-electron chi connectivity index (χ1n) is 8.52. The van der Waals surface area contributed by atoms with E-state index in [0.717, 1.165) is 16.8 Å². The largest absolute Gasteiger partial charge is 0.314 e. The summed E-state index contributed by atoms with van der Waals surface area (Å²) < 4.78 is 1.85. The van der Waals surface area contributed by atoms with E-state index in [1.165, 1.54) is 0 Å². The van der Waals surface area contributed by atoms with Crippen LogP contribution in [0.25, 0.3) is 22.6 Å². The molecule has 27 heavy (non-hydrogen) atoms. The lowest BCUT2D eigenvalue weighted by Gasteiger charge is -2.18. The van der Waals surface area contributed by atoms with Crippen molar-refractivity contribution in [3.05, 3.63) is 77.9 Å². The highest BCUT2D eigenvalue weighted by Gasteiger charge is 2.18. The third-order valence-corrected chi connectivity index (χ3v) is 4.67.